The zero-order valence-electron chi connectivity index (χ0n) is 11.8. The van der Waals surface area contributed by atoms with Gasteiger partial charge in [-0.25, -0.2) is 0 Å². The molecule has 0 aliphatic carbocycles. The fourth-order valence-electron chi connectivity index (χ4n) is 1.76. The fraction of sp³-hybridized carbons (Fsp3) is 0.235. The minimum absolute atomic E-state index is 0.726. The van der Waals surface area contributed by atoms with Gasteiger partial charge in [-0.15, -0.1) is 0 Å². The molecular weight excluding hydrogens is 248 g/mol. The molecule has 0 aromatic heterocycles. The van der Waals surface area contributed by atoms with E-state index in [4.69, 9.17) is 4.74 Å². The molecule has 2 rings (SSSR count). The lowest BCUT2D eigenvalue weighted by molar-refractivity contribution is 0.317. The van der Waals surface area contributed by atoms with E-state index in [9.17, 15) is 0 Å². The second-order valence-electron chi connectivity index (χ2n) is 4.50. The van der Waals surface area contributed by atoms with Gasteiger partial charge in [0, 0.05) is 0 Å². The highest BCUT2D eigenvalue weighted by Gasteiger charge is 1.94. The summed E-state index contributed by atoms with van der Waals surface area (Å²) in [6, 6.07) is 18.1. The van der Waals surface area contributed by atoms with Crippen molar-refractivity contribution < 1.29 is 4.74 Å². The zero-order chi connectivity index (χ0) is 14.0. The summed E-state index contributed by atoms with van der Waals surface area (Å²) < 4.78 is 5.59. The Kier molecular flexibility index (Phi) is 5.65. The molecule has 0 aliphatic heterocycles. The standard InChI is InChI=1S/C17H20N2O/c1-2-11-20-17-10-6-9-16(12-17)14-19-18-13-15-7-4-3-5-8-15/h3-10,12,14,18H,2,11,13H2,1H3. The van der Waals surface area contributed by atoms with E-state index in [0.29, 0.717) is 0 Å². The van der Waals surface area contributed by atoms with Crippen molar-refractivity contribution in [3.8, 4) is 5.75 Å². The monoisotopic (exact) mass is 268 g/mol. The first-order valence-corrected chi connectivity index (χ1v) is 6.91. The zero-order valence-corrected chi connectivity index (χ0v) is 11.8. The van der Waals surface area contributed by atoms with Crippen LogP contribution in [0.5, 0.6) is 5.75 Å². The van der Waals surface area contributed by atoms with Crippen molar-refractivity contribution in [1.82, 2.24) is 5.43 Å². The van der Waals surface area contributed by atoms with Crippen molar-refractivity contribution in [3.63, 3.8) is 0 Å². The van der Waals surface area contributed by atoms with E-state index < -0.39 is 0 Å². The molecule has 0 radical (unpaired) electrons. The number of nitrogens with one attached hydrogen (secondary N) is 1. The van der Waals surface area contributed by atoms with Crippen molar-refractivity contribution in [1.29, 1.82) is 0 Å². The minimum Gasteiger partial charge on any atom is -0.494 e. The molecule has 104 valence electrons. The Bertz CT molecular complexity index is 538. The van der Waals surface area contributed by atoms with E-state index in [1.807, 2.05) is 48.7 Å². The summed E-state index contributed by atoms with van der Waals surface area (Å²) in [5, 5.41) is 4.23. The van der Waals surface area contributed by atoms with Gasteiger partial charge in [-0.2, -0.15) is 5.10 Å². The topological polar surface area (TPSA) is 33.6 Å². The third-order valence-corrected chi connectivity index (χ3v) is 2.76. The molecule has 0 atom stereocenters. The lowest BCUT2D eigenvalue weighted by Gasteiger charge is -2.04. The van der Waals surface area contributed by atoms with Crippen molar-refractivity contribution in [3.05, 3.63) is 65.7 Å². The summed E-state index contributed by atoms with van der Waals surface area (Å²) in [6.45, 7) is 3.56. The van der Waals surface area contributed by atoms with E-state index in [2.05, 4.69) is 29.6 Å². The highest BCUT2D eigenvalue weighted by atomic mass is 16.5. The average molecular weight is 268 g/mol. The number of benzene rings is 2. The van der Waals surface area contributed by atoms with Crippen molar-refractivity contribution in [2.75, 3.05) is 6.61 Å². The van der Waals surface area contributed by atoms with E-state index in [-0.39, 0.29) is 0 Å². The number of rotatable bonds is 7. The molecule has 2 aromatic carbocycles. The molecule has 0 bridgehead atoms. The van der Waals surface area contributed by atoms with Crippen LogP contribution in [0.1, 0.15) is 24.5 Å². The fourth-order valence-corrected chi connectivity index (χ4v) is 1.76. The highest BCUT2D eigenvalue weighted by Crippen LogP contribution is 2.12. The first-order chi connectivity index (χ1) is 9.88. The van der Waals surface area contributed by atoms with Gasteiger partial charge in [0.05, 0.1) is 19.4 Å². The van der Waals surface area contributed by atoms with Crippen LogP contribution in [-0.2, 0) is 6.54 Å². The Morgan fingerprint density at radius 3 is 2.75 bits per heavy atom. The summed E-state index contributed by atoms with van der Waals surface area (Å²) in [5.41, 5.74) is 5.28. The highest BCUT2D eigenvalue weighted by molar-refractivity contribution is 5.79. The van der Waals surface area contributed by atoms with Gasteiger partial charge in [-0.3, -0.25) is 0 Å². The Morgan fingerprint density at radius 1 is 1.10 bits per heavy atom. The number of hydrogen-bond donors (Lipinski definition) is 1. The van der Waals surface area contributed by atoms with Crippen LogP contribution in [0.4, 0.5) is 0 Å². The maximum atomic E-state index is 5.59. The van der Waals surface area contributed by atoms with E-state index in [1.54, 1.807) is 0 Å². The van der Waals surface area contributed by atoms with Gasteiger partial charge in [0.2, 0.25) is 0 Å². The lowest BCUT2D eigenvalue weighted by Crippen LogP contribution is -2.05. The summed E-state index contributed by atoms with van der Waals surface area (Å²) in [6.07, 6.45) is 2.82. The molecule has 0 saturated heterocycles. The smallest absolute Gasteiger partial charge is 0.119 e. The van der Waals surface area contributed by atoms with Crippen LogP contribution >= 0.6 is 0 Å². The van der Waals surface area contributed by atoms with Gasteiger partial charge in [0.15, 0.2) is 0 Å². The first-order valence-electron chi connectivity index (χ1n) is 6.91. The Hall–Kier alpha value is -2.29. The van der Waals surface area contributed by atoms with Gasteiger partial charge >= 0.3 is 0 Å². The molecule has 0 amide bonds. The van der Waals surface area contributed by atoms with Crippen LogP contribution in [-0.4, -0.2) is 12.8 Å². The van der Waals surface area contributed by atoms with Gasteiger partial charge in [-0.05, 0) is 29.7 Å². The van der Waals surface area contributed by atoms with E-state index in [1.165, 1.54) is 5.56 Å². The number of ether oxygens (including phenoxy) is 1. The molecule has 1 N–H and O–H groups in total. The first kappa shape index (κ1) is 14.1. The van der Waals surface area contributed by atoms with Crippen LogP contribution in [0.3, 0.4) is 0 Å². The Labute approximate surface area is 120 Å². The maximum Gasteiger partial charge on any atom is 0.119 e. The molecule has 0 heterocycles. The molecule has 3 nitrogen and oxygen atoms in total. The molecular formula is C17H20N2O. The summed E-state index contributed by atoms with van der Waals surface area (Å²) in [7, 11) is 0. The summed E-state index contributed by atoms with van der Waals surface area (Å²) >= 11 is 0. The van der Waals surface area contributed by atoms with Crippen LogP contribution in [0, 0.1) is 0 Å². The molecule has 0 saturated carbocycles. The van der Waals surface area contributed by atoms with Crippen molar-refractivity contribution in [2.45, 2.75) is 19.9 Å². The van der Waals surface area contributed by atoms with Gasteiger partial charge in [0.25, 0.3) is 0 Å². The summed E-state index contributed by atoms with van der Waals surface area (Å²) in [5.74, 6) is 0.888. The minimum atomic E-state index is 0.726. The van der Waals surface area contributed by atoms with Gasteiger partial charge in [0.1, 0.15) is 5.75 Å². The largest absolute Gasteiger partial charge is 0.494 e. The normalized spacial score (nSPS) is 10.7. The average Bonchev–Trinajstić information content (AvgIpc) is 2.51. The molecule has 2 aromatic rings. The molecule has 0 unspecified atom stereocenters. The number of hydrogen-bond acceptors (Lipinski definition) is 3. The van der Waals surface area contributed by atoms with Crippen molar-refractivity contribution in [2.24, 2.45) is 5.10 Å². The maximum absolute atomic E-state index is 5.59. The quantitative estimate of drug-likeness (QED) is 0.615. The lowest BCUT2D eigenvalue weighted by atomic mass is 10.2. The molecule has 0 fully saturated rings. The molecule has 0 spiro atoms. The predicted molar refractivity (Wildman–Crippen MR) is 83.1 cm³/mol. The Morgan fingerprint density at radius 2 is 1.95 bits per heavy atom. The van der Waals surface area contributed by atoms with Crippen LogP contribution in [0.2, 0.25) is 0 Å². The summed E-state index contributed by atoms with van der Waals surface area (Å²) in [4.78, 5) is 0. The van der Waals surface area contributed by atoms with Gasteiger partial charge < -0.3 is 10.2 Å². The number of nitrogens with zero attached hydrogens (tertiary/aromatic N) is 1. The SMILES string of the molecule is CCCOc1cccc(C=NNCc2ccccc2)c1. The Balaban J connectivity index is 1.84. The van der Waals surface area contributed by atoms with Crippen LogP contribution in [0.15, 0.2) is 59.7 Å². The predicted octanol–water partition coefficient (Wildman–Crippen LogP) is 3.60. The van der Waals surface area contributed by atoms with Crippen molar-refractivity contribution >= 4 is 6.21 Å². The van der Waals surface area contributed by atoms with Crippen LogP contribution in [0.25, 0.3) is 0 Å². The molecule has 20 heavy (non-hydrogen) atoms. The van der Waals surface area contributed by atoms with Gasteiger partial charge in [-0.1, -0.05) is 49.4 Å². The van der Waals surface area contributed by atoms with E-state index >= 15 is 0 Å². The third kappa shape index (κ3) is 4.76. The second kappa shape index (κ2) is 8.00. The number of hydrazone groups is 1. The van der Waals surface area contributed by atoms with E-state index in [0.717, 1.165) is 30.9 Å². The molecule has 0 aliphatic rings. The second-order valence-corrected chi connectivity index (χ2v) is 4.50. The van der Waals surface area contributed by atoms with Crippen LogP contribution < -0.4 is 10.2 Å². The third-order valence-electron chi connectivity index (χ3n) is 2.76. The molecule has 3 heteroatoms.